The van der Waals surface area contributed by atoms with Crippen LogP contribution in [0.1, 0.15) is 175 Å². The molecule has 3 atom stereocenters. The number of hydrogen-bond acceptors (Lipinski definition) is 4. The van der Waals surface area contributed by atoms with Crippen molar-refractivity contribution in [2.75, 3.05) is 0 Å². The summed E-state index contributed by atoms with van der Waals surface area (Å²) in [7, 11) is 0. The molecule has 4 heteroatoms. The van der Waals surface area contributed by atoms with Crippen LogP contribution in [0.5, 0.6) is 0 Å². The van der Waals surface area contributed by atoms with Crippen LogP contribution in [0.3, 0.4) is 0 Å². The van der Waals surface area contributed by atoms with E-state index in [-0.39, 0.29) is 18.4 Å². The molecule has 37 heavy (non-hydrogen) atoms. The molecule has 0 unspecified atom stereocenters. The summed E-state index contributed by atoms with van der Waals surface area (Å²) >= 11 is 0. The summed E-state index contributed by atoms with van der Waals surface area (Å²) in [4.78, 5) is 12.4. The first-order valence-electron chi connectivity index (χ1n) is 16.4. The monoisotopic (exact) mass is 520 g/mol. The van der Waals surface area contributed by atoms with Crippen LogP contribution in [0.2, 0.25) is 0 Å². The SMILES string of the molecule is CCCCCCCCCCCCC/C=C1\C(=O)O[C@@]2(C)O[C@H](CCCCCCCCCCCCC)O[C@@H]12. The third-order valence-corrected chi connectivity index (χ3v) is 8.16. The highest BCUT2D eigenvalue weighted by atomic mass is 16.8. The summed E-state index contributed by atoms with van der Waals surface area (Å²) in [5, 5.41) is 0. The van der Waals surface area contributed by atoms with Crippen molar-refractivity contribution in [2.45, 2.75) is 193 Å². The van der Waals surface area contributed by atoms with Gasteiger partial charge in [-0.15, -0.1) is 0 Å². The van der Waals surface area contributed by atoms with E-state index >= 15 is 0 Å². The lowest BCUT2D eigenvalue weighted by Gasteiger charge is -2.19. The van der Waals surface area contributed by atoms with Crippen LogP contribution in [0, 0.1) is 0 Å². The van der Waals surface area contributed by atoms with Crippen molar-refractivity contribution in [1.29, 1.82) is 0 Å². The quantitative estimate of drug-likeness (QED) is 0.0721. The van der Waals surface area contributed by atoms with Gasteiger partial charge in [0.1, 0.15) is 0 Å². The van der Waals surface area contributed by atoms with E-state index in [4.69, 9.17) is 14.2 Å². The van der Waals surface area contributed by atoms with Gasteiger partial charge in [0.25, 0.3) is 0 Å². The summed E-state index contributed by atoms with van der Waals surface area (Å²) in [6, 6.07) is 0. The number of hydrogen-bond donors (Lipinski definition) is 0. The van der Waals surface area contributed by atoms with Crippen LogP contribution in [-0.4, -0.2) is 24.2 Å². The molecule has 2 saturated heterocycles. The Kier molecular flexibility index (Phi) is 17.6. The van der Waals surface area contributed by atoms with Crippen LogP contribution in [0.4, 0.5) is 0 Å². The molecule has 0 bridgehead atoms. The van der Waals surface area contributed by atoms with Crippen LogP contribution >= 0.6 is 0 Å². The molecule has 0 N–H and O–H groups in total. The van der Waals surface area contributed by atoms with E-state index in [2.05, 4.69) is 19.9 Å². The zero-order chi connectivity index (χ0) is 26.6. The molecular weight excluding hydrogens is 460 g/mol. The van der Waals surface area contributed by atoms with Gasteiger partial charge in [0.2, 0.25) is 5.79 Å². The molecule has 2 aliphatic rings. The van der Waals surface area contributed by atoms with Crippen LogP contribution < -0.4 is 0 Å². The Morgan fingerprint density at radius 3 is 1.57 bits per heavy atom. The third kappa shape index (κ3) is 13.2. The Hall–Kier alpha value is -0.870. The maximum atomic E-state index is 12.4. The highest BCUT2D eigenvalue weighted by molar-refractivity contribution is 5.92. The van der Waals surface area contributed by atoms with Gasteiger partial charge in [-0.05, 0) is 25.7 Å². The third-order valence-electron chi connectivity index (χ3n) is 8.16. The van der Waals surface area contributed by atoms with E-state index in [0.717, 1.165) is 25.7 Å². The first kappa shape index (κ1) is 32.3. The van der Waals surface area contributed by atoms with Crippen molar-refractivity contribution in [3.05, 3.63) is 11.6 Å². The molecule has 0 aromatic carbocycles. The number of carbonyl (C=O) groups is 1. The van der Waals surface area contributed by atoms with Gasteiger partial charge in [-0.3, -0.25) is 0 Å². The summed E-state index contributed by atoms with van der Waals surface area (Å²) in [5.74, 6) is -1.20. The molecule has 0 amide bonds. The van der Waals surface area contributed by atoms with Crippen LogP contribution in [-0.2, 0) is 19.0 Å². The number of rotatable bonds is 24. The molecule has 2 fully saturated rings. The van der Waals surface area contributed by atoms with E-state index in [0.29, 0.717) is 5.57 Å². The van der Waals surface area contributed by atoms with Gasteiger partial charge in [-0.25, -0.2) is 4.79 Å². The fourth-order valence-electron chi connectivity index (χ4n) is 5.77. The minimum Gasteiger partial charge on any atom is -0.427 e. The molecule has 0 spiro atoms. The molecule has 216 valence electrons. The second-order valence-corrected chi connectivity index (χ2v) is 11.8. The number of carbonyl (C=O) groups excluding carboxylic acids is 1. The van der Waals surface area contributed by atoms with Crippen molar-refractivity contribution < 1.29 is 19.0 Å². The summed E-state index contributed by atoms with van der Waals surface area (Å²) < 4.78 is 17.9. The average Bonchev–Trinajstić information content (AvgIpc) is 3.31. The Bertz CT molecular complexity index is 615. The molecule has 0 saturated carbocycles. The largest absolute Gasteiger partial charge is 0.427 e. The molecule has 2 rings (SSSR count). The van der Waals surface area contributed by atoms with Gasteiger partial charge in [0, 0.05) is 6.92 Å². The maximum absolute atomic E-state index is 12.4. The minimum absolute atomic E-state index is 0.257. The number of ether oxygens (including phenoxy) is 3. The summed E-state index contributed by atoms with van der Waals surface area (Å²) in [6.07, 6.45) is 32.5. The number of fused-ring (bicyclic) bond motifs is 1. The molecule has 0 radical (unpaired) electrons. The Morgan fingerprint density at radius 1 is 0.649 bits per heavy atom. The van der Waals surface area contributed by atoms with Crippen molar-refractivity contribution in [2.24, 2.45) is 0 Å². The fourth-order valence-corrected chi connectivity index (χ4v) is 5.77. The molecule has 0 aliphatic carbocycles. The first-order chi connectivity index (χ1) is 18.1. The molecule has 4 nitrogen and oxygen atoms in total. The predicted octanol–water partition coefficient (Wildman–Crippen LogP) is 10.3. The minimum atomic E-state index is -0.942. The fraction of sp³-hybridized carbons (Fsp3) is 0.909. The molecule has 0 aromatic rings. The van der Waals surface area contributed by atoms with Crippen molar-refractivity contribution in [1.82, 2.24) is 0 Å². The lowest BCUT2D eigenvalue weighted by atomic mass is 10.0. The highest BCUT2D eigenvalue weighted by Crippen LogP contribution is 2.42. The normalized spacial score (nSPS) is 24.2. The molecule has 2 aliphatic heterocycles. The van der Waals surface area contributed by atoms with Gasteiger partial charge < -0.3 is 14.2 Å². The van der Waals surface area contributed by atoms with Gasteiger partial charge in [-0.2, -0.15) is 0 Å². The predicted molar refractivity (Wildman–Crippen MR) is 154 cm³/mol. The molecular formula is C33H60O4. The second kappa shape index (κ2) is 20.1. The zero-order valence-corrected chi connectivity index (χ0v) is 24.8. The van der Waals surface area contributed by atoms with Crippen LogP contribution in [0.15, 0.2) is 11.6 Å². The van der Waals surface area contributed by atoms with Gasteiger partial charge >= 0.3 is 5.97 Å². The van der Waals surface area contributed by atoms with Crippen LogP contribution in [0.25, 0.3) is 0 Å². The van der Waals surface area contributed by atoms with E-state index in [1.807, 2.05) is 6.92 Å². The average molecular weight is 521 g/mol. The maximum Gasteiger partial charge on any atom is 0.339 e. The lowest BCUT2D eigenvalue weighted by molar-refractivity contribution is -0.206. The zero-order valence-electron chi connectivity index (χ0n) is 24.8. The van der Waals surface area contributed by atoms with Gasteiger partial charge in [0.05, 0.1) is 5.57 Å². The number of unbranched alkanes of at least 4 members (excludes halogenated alkanes) is 21. The van der Waals surface area contributed by atoms with E-state index in [9.17, 15) is 4.79 Å². The smallest absolute Gasteiger partial charge is 0.339 e. The summed E-state index contributed by atoms with van der Waals surface area (Å²) in [6.45, 7) is 6.41. The van der Waals surface area contributed by atoms with Crippen molar-refractivity contribution in [3.63, 3.8) is 0 Å². The Labute approximate surface area is 229 Å². The molecule has 2 heterocycles. The van der Waals surface area contributed by atoms with E-state index in [1.165, 1.54) is 128 Å². The summed E-state index contributed by atoms with van der Waals surface area (Å²) in [5.41, 5.74) is 0.677. The first-order valence-corrected chi connectivity index (χ1v) is 16.4. The highest BCUT2D eigenvalue weighted by Gasteiger charge is 2.58. The number of allylic oxidation sites excluding steroid dienone is 1. The standard InChI is InChI=1S/C33H60O4/c1-4-6-8-10-12-14-16-18-19-21-23-25-27-29-31-33(3,37-32(29)34)36-30(35-31)28-26-24-22-20-17-15-13-11-9-7-5-2/h27,30-31H,4-26,28H2,1-3H3/b29-27-/t30-,31+,33-/m1/s1. The van der Waals surface area contributed by atoms with Gasteiger partial charge in [0.15, 0.2) is 12.4 Å². The number of esters is 1. The second-order valence-electron chi connectivity index (χ2n) is 11.8. The van der Waals surface area contributed by atoms with E-state index < -0.39 is 5.79 Å². The van der Waals surface area contributed by atoms with Crippen molar-refractivity contribution in [3.8, 4) is 0 Å². The topological polar surface area (TPSA) is 44.8 Å². The van der Waals surface area contributed by atoms with E-state index in [1.54, 1.807) is 0 Å². The van der Waals surface area contributed by atoms with Gasteiger partial charge in [-0.1, -0.05) is 148 Å². The van der Waals surface area contributed by atoms with Crippen molar-refractivity contribution >= 4 is 5.97 Å². The molecule has 0 aromatic heterocycles. The lowest BCUT2D eigenvalue weighted by Crippen LogP contribution is -2.33. The Balaban J connectivity index is 1.51. The Morgan fingerprint density at radius 2 is 1.08 bits per heavy atom.